The number of rotatable bonds is 5. The van der Waals surface area contributed by atoms with Gasteiger partial charge in [0.1, 0.15) is 6.54 Å². The van der Waals surface area contributed by atoms with E-state index in [1.165, 1.54) is 11.1 Å². The number of piperidine rings is 1. The highest BCUT2D eigenvalue weighted by atomic mass is 16.6. The van der Waals surface area contributed by atoms with Crippen LogP contribution >= 0.6 is 0 Å². The average Bonchev–Trinajstić information content (AvgIpc) is 2.74. The molecule has 1 N–H and O–H groups in total. The molecular formula is C22H34N3O3+. The van der Waals surface area contributed by atoms with Crippen LogP contribution in [0.5, 0.6) is 0 Å². The lowest BCUT2D eigenvalue weighted by atomic mass is 9.94. The zero-order valence-corrected chi connectivity index (χ0v) is 17.3. The Morgan fingerprint density at radius 1 is 0.964 bits per heavy atom. The molecule has 1 aromatic rings. The van der Waals surface area contributed by atoms with E-state index in [0.29, 0.717) is 32.8 Å². The van der Waals surface area contributed by atoms with Gasteiger partial charge in [0.25, 0.3) is 0 Å². The van der Waals surface area contributed by atoms with E-state index in [2.05, 4.69) is 31.2 Å². The minimum absolute atomic E-state index is 0.139. The molecule has 0 aromatic heterocycles. The summed E-state index contributed by atoms with van der Waals surface area (Å²) >= 11 is 0. The number of likely N-dealkylation sites (tertiary alicyclic amines) is 1. The van der Waals surface area contributed by atoms with Gasteiger partial charge in [-0.3, -0.25) is 4.79 Å². The summed E-state index contributed by atoms with van der Waals surface area (Å²) in [5.41, 5.74) is 2.76. The Kier molecular flexibility index (Phi) is 7.31. The van der Waals surface area contributed by atoms with Crippen molar-refractivity contribution in [3.05, 3.63) is 35.4 Å². The van der Waals surface area contributed by atoms with Crippen molar-refractivity contribution in [2.45, 2.75) is 39.7 Å². The molecule has 6 heteroatoms. The molecule has 0 saturated carbocycles. The lowest BCUT2D eigenvalue weighted by molar-refractivity contribution is -0.919. The van der Waals surface area contributed by atoms with Gasteiger partial charge in [0.05, 0.1) is 19.7 Å². The summed E-state index contributed by atoms with van der Waals surface area (Å²) in [7, 11) is 0. The Labute approximate surface area is 168 Å². The van der Waals surface area contributed by atoms with Crippen LogP contribution < -0.4 is 4.90 Å². The number of benzene rings is 1. The number of hydrogen-bond donors (Lipinski definition) is 1. The number of carbonyl (C=O) groups excluding carboxylic acids is 2. The van der Waals surface area contributed by atoms with Crippen LogP contribution in [-0.2, 0) is 22.5 Å². The quantitative estimate of drug-likeness (QED) is 0.828. The van der Waals surface area contributed by atoms with Crippen LogP contribution in [0.15, 0.2) is 24.3 Å². The van der Waals surface area contributed by atoms with Crippen molar-refractivity contribution in [2.24, 2.45) is 5.92 Å². The van der Waals surface area contributed by atoms with Gasteiger partial charge in [0, 0.05) is 50.5 Å². The van der Waals surface area contributed by atoms with Crippen molar-refractivity contribution < 1.29 is 19.2 Å². The number of aryl methyl sites for hydroxylation is 1. The van der Waals surface area contributed by atoms with E-state index < -0.39 is 0 Å². The summed E-state index contributed by atoms with van der Waals surface area (Å²) in [6, 6.07) is 8.93. The van der Waals surface area contributed by atoms with Crippen LogP contribution in [0.25, 0.3) is 0 Å². The van der Waals surface area contributed by atoms with Gasteiger partial charge in [-0.15, -0.1) is 0 Å². The predicted molar refractivity (Wildman–Crippen MR) is 108 cm³/mol. The first-order chi connectivity index (χ1) is 13.6. The molecule has 6 nitrogen and oxygen atoms in total. The highest BCUT2D eigenvalue weighted by Gasteiger charge is 2.32. The van der Waals surface area contributed by atoms with Gasteiger partial charge >= 0.3 is 6.09 Å². The molecule has 2 saturated heterocycles. The van der Waals surface area contributed by atoms with Crippen LogP contribution in [0, 0.1) is 5.92 Å². The van der Waals surface area contributed by atoms with Gasteiger partial charge in [-0.25, -0.2) is 4.79 Å². The summed E-state index contributed by atoms with van der Waals surface area (Å²) in [5, 5.41) is 0. The molecular weight excluding hydrogens is 354 g/mol. The summed E-state index contributed by atoms with van der Waals surface area (Å²) < 4.78 is 5.05. The molecule has 28 heavy (non-hydrogen) atoms. The summed E-state index contributed by atoms with van der Waals surface area (Å²) in [6.07, 6.45) is 2.73. The van der Waals surface area contributed by atoms with Gasteiger partial charge < -0.3 is 19.4 Å². The van der Waals surface area contributed by atoms with E-state index in [0.717, 1.165) is 38.9 Å². The first-order valence-electron chi connectivity index (χ1n) is 10.7. The van der Waals surface area contributed by atoms with Crippen LogP contribution in [0.1, 0.15) is 37.8 Å². The smallest absolute Gasteiger partial charge is 0.409 e. The second kappa shape index (κ2) is 9.92. The molecule has 2 aliphatic heterocycles. The highest BCUT2D eigenvalue weighted by molar-refractivity contribution is 5.79. The fourth-order valence-electron chi connectivity index (χ4n) is 4.21. The third-order valence-electron chi connectivity index (χ3n) is 6.04. The van der Waals surface area contributed by atoms with E-state index >= 15 is 0 Å². The lowest BCUT2D eigenvalue weighted by Crippen LogP contribution is -3.11. The molecule has 2 heterocycles. The molecule has 2 fully saturated rings. The topological polar surface area (TPSA) is 54.3 Å². The fraction of sp³-hybridized carbons (Fsp3) is 0.636. The molecule has 2 aliphatic rings. The van der Waals surface area contributed by atoms with Crippen LogP contribution in [0.4, 0.5) is 4.79 Å². The second-order valence-electron chi connectivity index (χ2n) is 7.88. The third kappa shape index (κ3) is 5.25. The Bertz CT molecular complexity index is 645. The third-order valence-corrected chi connectivity index (χ3v) is 6.04. The molecule has 0 unspecified atom stereocenters. The maximum absolute atomic E-state index is 12.9. The zero-order chi connectivity index (χ0) is 19.9. The number of quaternary nitrogens is 1. The molecule has 1 aromatic carbocycles. The van der Waals surface area contributed by atoms with Gasteiger partial charge in [-0.2, -0.15) is 0 Å². The van der Waals surface area contributed by atoms with Crippen molar-refractivity contribution in [1.29, 1.82) is 0 Å². The Balaban J connectivity index is 1.42. The maximum Gasteiger partial charge on any atom is 0.409 e. The zero-order valence-electron chi connectivity index (χ0n) is 17.3. The second-order valence-corrected chi connectivity index (χ2v) is 7.88. The number of ether oxygens (including phenoxy) is 1. The molecule has 0 radical (unpaired) electrons. The number of amides is 2. The van der Waals surface area contributed by atoms with Crippen LogP contribution in [0.2, 0.25) is 0 Å². The van der Waals surface area contributed by atoms with E-state index in [4.69, 9.17) is 4.74 Å². The molecule has 154 valence electrons. The number of carbonyl (C=O) groups is 2. The number of hydrogen-bond acceptors (Lipinski definition) is 3. The minimum atomic E-state index is -0.265. The molecule has 0 bridgehead atoms. The Morgan fingerprint density at radius 2 is 1.54 bits per heavy atom. The standard InChI is InChI=1S/C22H33N3O3/c1-3-18-5-7-19(8-6-18)17-23-11-9-20(10-12-23)21(26)24-13-15-25(16-14-24)22(27)28-4-2/h5-8,20H,3-4,9-17H2,1-2H3/p+1. The lowest BCUT2D eigenvalue weighted by Gasteiger charge is -2.37. The Hall–Kier alpha value is -2.08. The van der Waals surface area contributed by atoms with Gasteiger partial charge in [0.2, 0.25) is 5.91 Å². The van der Waals surface area contributed by atoms with Crippen molar-refractivity contribution in [2.75, 3.05) is 45.9 Å². The number of nitrogens with one attached hydrogen (secondary N) is 1. The molecule has 3 rings (SSSR count). The minimum Gasteiger partial charge on any atom is -0.450 e. The molecule has 0 aliphatic carbocycles. The van der Waals surface area contributed by atoms with Crippen LogP contribution in [-0.4, -0.2) is 67.7 Å². The van der Waals surface area contributed by atoms with Crippen molar-refractivity contribution in [3.63, 3.8) is 0 Å². The molecule has 0 atom stereocenters. The summed E-state index contributed by atoms with van der Waals surface area (Å²) in [6.45, 7) is 9.91. The van der Waals surface area contributed by atoms with E-state index in [1.807, 2.05) is 11.8 Å². The number of piperazine rings is 1. The monoisotopic (exact) mass is 388 g/mol. The van der Waals surface area contributed by atoms with Crippen molar-refractivity contribution in [1.82, 2.24) is 9.80 Å². The Morgan fingerprint density at radius 3 is 2.11 bits per heavy atom. The first kappa shape index (κ1) is 20.6. The van der Waals surface area contributed by atoms with Crippen molar-refractivity contribution >= 4 is 12.0 Å². The highest BCUT2D eigenvalue weighted by Crippen LogP contribution is 2.16. The first-order valence-corrected chi connectivity index (χ1v) is 10.7. The van der Waals surface area contributed by atoms with Crippen molar-refractivity contribution in [3.8, 4) is 0 Å². The van der Waals surface area contributed by atoms with Gasteiger partial charge in [-0.1, -0.05) is 31.2 Å². The van der Waals surface area contributed by atoms with Crippen LogP contribution in [0.3, 0.4) is 0 Å². The largest absolute Gasteiger partial charge is 0.450 e. The normalized spacial score (nSPS) is 22.8. The SMILES string of the molecule is CCOC(=O)N1CCN(C(=O)C2CC[NH+](Cc3ccc(CC)cc3)CC2)CC1. The molecule has 2 amide bonds. The van der Waals surface area contributed by atoms with E-state index in [9.17, 15) is 9.59 Å². The van der Waals surface area contributed by atoms with Gasteiger partial charge in [-0.05, 0) is 18.9 Å². The fourth-order valence-corrected chi connectivity index (χ4v) is 4.21. The maximum atomic E-state index is 12.9. The summed E-state index contributed by atoms with van der Waals surface area (Å²) in [5.74, 6) is 0.412. The molecule has 0 spiro atoms. The average molecular weight is 389 g/mol. The number of nitrogens with zero attached hydrogens (tertiary/aromatic N) is 2. The predicted octanol–water partition coefficient (Wildman–Crippen LogP) is 1.34. The van der Waals surface area contributed by atoms with Gasteiger partial charge in [0.15, 0.2) is 0 Å². The summed E-state index contributed by atoms with van der Waals surface area (Å²) in [4.78, 5) is 29.9. The van der Waals surface area contributed by atoms with E-state index in [-0.39, 0.29) is 17.9 Å². The van der Waals surface area contributed by atoms with E-state index in [1.54, 1.807) is 9.80 Å².